The highest BCUT2D eigenvalue weighted by Gasteiger charge is 1.92. The van der Waals surface area contributed by atoms with Crippen LogP contribution in [0.5, 0.6) is 5.75 Å². The zero-order valence-corrected chi connectivity index (χ0v) is 6.06. The number of phenols is 1. The maximum Gasteiger partial charge on any atom is 0.117 e. The average Bonchev–Trinajstić information content (AvgIpc) is 1.80. The van der Waals surface area contributed by atoms with Gasteiger partial charge < -0.3 is 16.6 Å². The van der Waals surface area contributed by atoms with E-state index in [2.05, 4.69) is 0 Å². The summed E-state index contributed by atoms with van der Waals surface area (Å²) in [5, 5.41) is 8.80. The Kier molecular flexibility index (Phi) is 2.83. The summed E-state index contributed by atoms with van der Waals surface area (Å²) in [5.41, 5.74) is 11.6. The summed E-state index contributed by atoms with van der Waals surface area (Å²) in [4.78, 5) is 0. The van der Waals surface area contributed by atoms with E-state index in [1.165, 1.54) is 12.1 Å². The number of halogens is 1. The van der Waals surface area contributed by atoms with Crippen LogP contribution in [0.2, 0.25) is 0 Å². The second-order valence-electron chi connectivity index (χ2n) is 1.81. The van der Waals surface area contributed by atoms with E-state index in [0.717, 1.165) is 0 Å². The largest absolute Gasteiger partial charge is 0.508 e. The van der Waals surface area contributed by atoms with Gasteiger partial charge in [-0.15, -0.1) is 12.4 Å². The van der Waals surface area contributed by atoms with Crippen molar-refractivity contribution in [2.75, 3.05) is 11.5 Å². The Labute approximate surface area is 65.1 Å². The molecular formula is C6H9ClN2O. The van der Waals surface area contributed by atoms with Crippen LogP contribution in [0.4, 0.5) is 11.4 Å². The Morgan fingerprint density at radius 2 is 1.70 bits per heavy atom. The van der Waals surface area contributed by atoms with Gasteiger partial charge in [-0.25, -0.2) is 0 Å². The van der Waals surface area contributed by atoms with Crippen LogP contribution in [-0.4, -0.2) is 5.11 Å². The molecule has 0 saturated heterocycles. The summed E-state index contributed by atoms with van der Waals surface area (Å²) in [7, 11) is 0. The number of benzene rings is 1. The fourth-order valence-electron chi connectivity index (χ4n) is 0.562. The Morgan fingerprint density at radius 1 is 1.10 bits per heavy atom. The summed E-state index contributed by atoms with van der Waals surface area (Å²) >= 11 is 0. The number of hydrogen-bond acceptors (Lipinski definition) is 3. The molecule has 0 aromatic heterocycles. The number of hydrogen-bond donors (Lipinski definition) is 3. The lowest BCUT2D eigenvalue weighted by Crippen LogP contribution is -1.92. The maximum atomic E-state index is 8.80. The number of aromatic hydroxyl groups is 1. The predicted molar refractivity (Wildman–Crippen MR) is 44.2 cm³/mol. The van der Waals surface area contributed by atoms with Gasteiger partial charge in [0.05, 0.1) is 11.4 Å². The zero-order chi connectivity index (χ0) is 6.85. The molecule has 1 rings (SSSR count). The molecule has 1 aromatic rings. The van der Waals surface area contributed by atoms with Gasteiger partial charge in [-0.3, -0.25) is 0 Å². The van der Waals surface area contributed by atoms with E-state index >= 15 is 0 Å². The third-order valence-electron chi connectivity index (χ3n) is 1.07. The molecule has 0 aliphatic rings. The van der Waals surface area contributed by atoms with E-state index in [0.29, 0.717) is 11.4 Å². The van der Waals surface area contributed by atoms with Crippen LogP contribution in [0.3, 0.4) is 0 Å². The van der Waals surface area contributed by atoms with Gasteiger partial charge >= 0.3 is 0 Å². The molecule has 0 heterocycles. The van der Waals surface area contributed by atoms with Crippen molar-refractivity contribution < 1.29 is 5.11 Å². The fraction of sp³-hybridized carbons (Fsp3) is 0. The van der Waals surface area contributed by atoms with Gasteiger partial charge in [0, 0.05) is 6.07 Å². The third-order valence-corrected chi connectivity index (χ3v) is 1.07. The molecular weight excluding hydrogens is 152 g/mol. The van der Waals surface area contributed by atoms with Crippen molar-refractivity contribution in [1.29, 1.82) is 0 Å². The number of nitrogen functional groups attached to an aromatic ring is 2. The first kappa shape index (κ1) is 8.91. The van der Waals surface area contributed by atoms with Crippen molar-refractivity contribution in [1.82, 2.24) is 0 Å². The number of rotatable bonds is 0. The molecule has 0 unspecified atom stereocenters. The van der Waals surface area contributed by atoms with E-state index in [4.69, 9.17) is 16.6 Å². The first-order valence-corrected chi connectivity index (χ1v) is 2.54. The van der Waals surface area contributed by atoms with Crippen LogP contribution in [0.25, 0.3) is 0 Å². The van der Waals surface area contributed by atoms with Crippen LogP contribution in [0.1, 0.15) is 0 Å². The summed E-state index contributed by atoms with van der Waals surface area (Å²) < 4.78 is 0. The Balaban J connectivity index is 0.000000810. The minimum atomic E-state index is 0. The minimum Gasteiger partial charge on any atom is -0.508 e. The second kappa shape index (κ2) is 3.17. The van der Waals surface area contributed by atoms with Gasteiger partial charge in [0.2, 0.25) is 0 Å². The van der Waals surface area contributed by atoms with Gasteiger partial charge in [0.15, 0.2) is 0 Å². The normalized spacial score (nSPS) is 8.40. The van der Waals surface area contributed by atoms with Gasteiger partial charge in [-0.2, -0.15) is 0 Å². The van der Waals surface area contributed by atoms with Gasteiger partial charge in [-0.1, -0.05) is 0 Å². The Bertz CT molecular complexity index is 227. The molecule has 10 heavy (non-hydrogen) atoms. The highest BCUT2D eigenvalue weighted by atomic mass is 35.5. The highest BCUT2D eigenvalue weighted by Crippen LogP contribution is 2.19. The smallest absolute Gasteiger partial charge is 0.117 e. The van der Waals surface area contributed by atoms with E-state index in [-0.39, 0.29) is 18.2 Å². The molecule has 0 bridgehead atoms. The van der Waals surface area contributed by atoms with Gasteiger partial charge in [-0.05, 0) is 12.1 Å². The lowest BCUT2D eigenvalue weighted by atomic mass is 10.3. The van der Waals surface area contributed by atoms with Crippen LogP contribution >= 0.6 is 12.4 Å². The van der Waals surface area contributed by atoms with Crippen LogP contribution in [0, 0.1) is 0 Å². The summed E-state index contributed by atoms with van der Waals surface area (Å²) in [6, 6.07) is 4.46. The number of anilines is 2. The number of nitrogens with two attached hydrogens (primary N) is 2. The topological polar surface area (TPSA) is 72.3 Å². The zero-order valence-electron chi connectivity index (χ0n) is 5.24. The van der Waals surface area contributed by atoms with Gasteiger partial charge in [0.25, 0.3) is 0 Å². The molecule has 0 fully saturated rings. The van der Waals surface area contributed by atoms with Crippen LogP contribution < -0.4 is 11.5 Å². The van der Waals surface area contributed by atoms with Crippen molar-refractivity contribution in [2.24, 2.45) is 0 Å². The Hall–Kier alpha value is -1.09. The van der Waals surface area contributed by atoms with Crippen molar-refractivity contribution in [2.45, 2.75) is 0 Å². The Morgan fingerprint density at radius 3 is 2.10 bits per heavy atom. The van der Waals surface area contributed by atoms with E-state index in [1.54, 1.807) is 6.07 Å². The summed E-state index contributed by atoms with van der Waals surface area (Å²) in [6.45, 7) is 0. The van der Waals surface area contributed by atoms with Crippen LogP contribution in [-0.2, 0) is 0 Å². The second-order valence-corrected chi connectivity index (χ2v) is 1.81. The van der Waals surface area contributed by atoms with Crippen molar-refractivity contribution in [3.63, 3.8) is 0 Å². The summed E-state index contributed by atoms with van der Waals surface area (Å²) in [5.74, 6) is 0.140. The first-order valence-electron chi connectivity index (χ1n) is 2.54. The molecule has 0 atom stereocenters. The monoisotopic (exact) mass is 160 g/mol. The molecule has 0 aliphatic heterocycles. The molecule has 0 radical (unpaired) electrons. The lowest BCUT2D eigenvalue weighted by Gasteiger charge is -1.97. The molecule has 5 N–H and O–H groups in total. The highest BCUT2D eigenvalue weighted by molar-refractivity contribution is 5.85. The molecule has 4 heteroatoms. The first-order chi connectivity index (χ1) is 4.20. The molecule has 0 spiro atoms. The molecule has 56 valence electrons. The molecule has 0 aliphatic carbocycles. The molecule has 0 saturated carbocycles. The average molecular weight is 161 g/mol. The van der Waals surface area contributed by atoms with E-state index in [9.17, 15) is 0 Å². The fourth-order valence-corrected chi connectivity index (χ4v) is 0.562. The minimum absolute atomic E-state index is 0. The van der Waals surface area contributed by atoms with Gasteiger partial charge in [0.1, 0.15) is 5.75 Å². The predicted octanol–water partition coefficient (Wildman–Crippen LogP) is 0.978. The van der Waals surface area contributed by atoms with Crippen molar-refractivity contribution in [3.05, 3.63) is 18.2 Å². The van der Waals surface area contributed by atoms with Crippen LogP contribution in [0.15, 0.2) is 18.2 Å². The SMILES string of the molecule is Cl.Nc1ccc(O)cc1N. The number of phenolic OH excluding ortho intramolecular Hbond substituents is 1. The standard InChI is InChI=1S/C6H8N2O.ClH/c7-5-2-1-4(9)3-6(5)8;/h1-3,9H,7-8H2;1H. The third kappa shape index (κ3) is 1.70. The molecule has 0 amide bonds. The maximum absolute atomic E-state index is 8.80. The molecule has 3 nitrogen and oxygen atoms in total. The van der Waals surface area contributed by atoms with Crippen molar-refractivity contribution in [3.8, 4) is 5.75 Å². The molecule has 1 aromatic carbocycles. The lowest BCUT2D eigenvalue weighted by molar-refractivity contribution is 0.476. The quantitative estimate of drug-likeness (QED) is 0.391. The van der Waals surface area contributed by atoms with E-state index < -0.39 is 0 Å². The van der Waals surface area contributed by atoms with E-state index in [1.807, 2.05) is 0 Å². The summed E-state index contributed by atoms with van der Waals surface area (Å²) in [6.07, 6.45) is 0. The van der Waals surface area contributed by atoms with Crippen molar-refractivity contribution >= 4 is 23.8 Å².